The molecule has 152 valence electrons. The van der Waals surface area contributed by atoms with Gasteiger partial charge in [0.2, 0.25) is 0 Å². The van der Waals surface area contributed by atoms with Crippen LogP contribution in [0.3, 0.4) is 0 Å². The Morgan fingerprint density at radius 1 is 0.720 bits per heavy atom. The summed E-state index contributed by atoms with van der Waals surface area (Å²) in [5.74, 6) is 0. The van der Waals surface area contributed by atoms with E-state index in [0.29, 0.717) is 13.1 Å². The van der Waals surface area contributed by atoms with Crippen molar-refractivity contribution in [1.82, 2.24) is 4.90 Å². The molecule has 0 spiro atoms. The molecule has 0 aromatic carbocycles. The Kier molecular flexibility index (Phi) is 20.0. The molecule has 0 heterocycles. The second-order valence-corrected chi connectivity index (χ2v) is 7.52. The smallest absolute Gasteiger partial charge is 0.0897 e. The Balaban J connectivity index is 3.31. The van der Waals surface area contributed by atoms with Crippen molar-refractivity contribution >= 4 is 0 Å². The number of aliphatic hydroxyl groups is 2. The van der Waals surface area contributed by atoms with Gasteiger partial charge in [-0.25, -0.2) is 0 Å². The topological polar surface area (TPSA) is 69.7 Å². The lowest BCUT2D eigenvalue weighted by Crippen LogP contribution is -2.38. The van der Waals surface area contributed by atoms with E-state index in [2.05, 4.69) is 11.8 Å². The Bertz CT molecular complexity index is 252. The summed E-state index contributed by atoms with van der Waals surface area (Å²) in [6, 6.07) is 0. The maximum atomic E-state index is 9.54. The Morgan fingerprint density at radius 3 is 1.56 bits per heavy atom. The highest BCUT2D eigenvalue weighted by atomic mass is 16.3. The molecule has 0 saturated heterocycles. The zero-order valence-corrected chi connectivity index (χ0v) is 16.9. The molecule has 0 fully saturated rings. The van der Waals surface area contributed by atoms with Gasteiger partial charge in [0.05, 0.1) is 12.7 Å². The Labute approximate surface area is 157 Å². The van der Waals surface area contributed by atoms with Crippen LogP contribution in [0.15, 0.2) is 0 Å². The van der Waals surface area contributed by atoms with Crippen LogP contribution >= 0.6 is 0 Å². The molecule has 0 aliphatic rings. The third-order valence-corrected chi connectivity index (χ3v) is 4.95. The van der Waals surface area contributed by atoms with Gasteiger partial charge in [0.1, 0.15) is 0 Å². The van der Waals surface area contributed by atoms with Crippen molar-refractivity contribution in [2.24, 2.45) is 5.73 Å². The van der Waals surface area contributed by atoms with Crippen LogP contribution in [0.5, 0.6) is 0 Å². The van der Waals surface area contributed by atoms with Crippen LogP contribution in [0, 0.1) is 0 Å². The minimum absolute atomic E-state index is 0.167. The van der Waals surface area contributed by atoms with Gasteiger partial charge in [-0.1, -0.05) is 90.4 Å². The summed E-state index contributed by atoms with van der Waals surface area (Å²) >= 11 is 0. The number of hydrogen-bond donors (Lipinski definition) is 3. The van der Waals surface area contributed by atoms with Gasteiger partial charge in [0.15, 0.2) is 0 Å². The SMILES string of the molecule is CCCCCCCCCCCCCCCCN(CCN)CC(O)CO. The number of rotatable bonds is 20. The first kappa shape index (κ1) is 24.8. The molecule has 4 nitrogen and oxygen atoms in total. The fraction of sp³-hybridized carbons (Fsp3) is 1.00. The molecule has 25 heavy (non-hydrogen) atoms. The van der Waals surface area contributed by atoms with Crippen molar-refractivity contribution in [3.63, 3.8) is 0 Å². The normalized spacial score (nSPS) is 12.8. The summed E-state index contributed by atoms with van der Waals surface area (Å²) in [4.78, 5) is 2.17. The highest BCUT2D eigenvalue weighted by molar-refractivity contribution is 4.64. The van der Waals surface area contributed by atoms with Crippen LogP contribution in [-0.4, -0.2) is 54.0 Å². The van der Waals surface area contributed by atoms with Gasteiger partial charge in [-0.2, -0.15) is 0 Å². The molecule has 0 aliphatic carbocycles. The maximum absolute atomic E-state index is 9.54. The van der Waals surface area contributed by atoms with Crippen molar-refractivity contribution in [1.29, 1.82) is 0 Å². The fourth-order valence-corrected chi connectivity index (χ4v) is 3.36. The van der Waals surface area contributed by atoms with Gasteiger partial charge in [0, 0.05) is 19.6 Å². The first-order valence-electron chi connectivity index (χ1n) is 11.0. The van der Waals surface area contributed by atoms with E-state index in [9.17, 15) is 5.11 Å². The van der Waals surface area contributed by atoms with Gasteiger partial charge < -0.3 is 15.9 Å². The van der Waals surface area contributed by atoms with E-state index in [4.69, 9.17) is 10.8 Å². The predicted octanol–water partition coefficient (Wildman–Crippen LogP) is 4.08. The lowest BCUT2D eigenvalue weighted by atomic mass is 10.0. The summed E-state index contributed by atoms with van der Waals surface area (Å²) in [5, 5.41) is 18.5. The van der Waals surface area contributed by atoms with Gasteiger partial charge in [-0.3, -0.25) is 4.90 Å². The van der Waals surface area contributed by atoms with Crippen LogP contribution in [0.4, 0.5) is 0 Å². The van der Waals surface area contributed by atoms with Crippen molar-refractivity contribution in [2.45, 2.75) is 103 Å². The third-order valence-electron chi connectivity index (χ3n) is 4.95. The van der Waals surface area contributed by atoms with Crippen LogP contribution in [0.1, 0.15) is 96.8 Å². The Morgan fingerprint density at radius 2 is 1.16 bits per heavy atom. The summed E-state index contributed by atoms with van der Waals surface area (Å²) < 4.78 is 0. The quantitative estimate of drug-likeness (QED) is 0.287. The van der Waals surface area contributed by atoms with Gasteiger partial charge in [-0.05, 0) is 13.0 Å². The van der Waals surface area contributed by atoms with Crippen molar-refractivity contribution < 1.29 is 10.2 Å². The molecule has 1 atom stereocenters. The van der Waals surface area contributed by atoms with Crippen molar-refractivity contribution in [3.05, 3.63) is 0 Å². The summed E-state index contributed by atoms with van der Waals surface area (Å²) in [6.45, 7) is 5.03. The molecule has 0 aromatic rings. The maximum Gasteiger partial charge on any atom is 0.0897 e. The molecule has 4 heteroatoms. The standard InChI is InChI=1S/C21H46N2O2/c1-2-3-4-5-6-7-8-9-10-11-12-13-14-15-17-23(18-16-22)19-21(25)20-24/h21,24-25H,2-20,22H2,1H3. The zero-order chi connectivity index (χ0) is 18.6. The Hall–Kier alpha value is -0.160. The van der Waals surface area contributed by atoms with E-state index >= 15 is 0 Å². The van der Waals surface area contributed by atoms with Crippen molar-refractivity contribution in [2.75, 3.05) is 32.8 Å². The van der Waals surface area contributed by atoms with E-state index in [0.717, 1.165) is 19.5 Å². The van der Waals surface area contributed by atoms with Gasteiger partial charge >= 0.3 is 0 Å². The molecule has 0 amide bonds. The zero-order valence-electron chi connectivity index (χ0n) is 16.9. The number of aliphatic hydroxyl groups excluding tert-OH is 2. The molecular formula is C21H46N2O2. The molecule has 0 radical (unpaired) electrons. The van der Waals surface area contributed by atoms with E-state index in [1.807, 2.05) is 0 Å². The summed E-state index contributed by atoms with van der Waals surface area (Å²) in [5.41, 5.74) is 5.61. The molecule has 0 bridgehead atoms. The average Bonchev–Trinajstić information content (AvgIpc) is 2.61. The minimum Gasteiger partial charge on any atom is -0.394 e. The molecule has 0 rings (SSSR count). The van der Waals surface area contributed by atoms with E-state index in [1.165, 1.54) is 83.5 Å². The van der Waals surface area contributed by atoms with Crippen LogP contribution < -0.4 is 5.73 Å². The molecule has 0 aliphatic heterocycles. The minimum atomic E-state index is -0.641. The monoisotopic (exact) mass is 358 g/mol. The van der Waals surface area contributed by atoms with Gasteiger partial charge in [0.25, 0.3) is 0 Å². The van der Waals surface area contributed by atoms with Crippen LogP contribution in [0.2, 0.25) is 0 Å². The highest BCUT2D eigenvalue weighted by Crippen LogP contribution is 2.13. The number of nitrogens with zero attached hydrogens (tertiary/aromatic N) is 1. The predicted molar refractivity (Wildman–Crippen MR) is 109 cm³/mol. The van der Waals surface area contributed by atoms with E-state index in [1.54, 1.807) is 0 Å². The summed E-state index contributed by atoms with van der Waals surface area (Å²) in [6.07, 6.45) is 18.5. The second kappa shape index (κ2) is 20.2. The van der Waals surface area contributed by atoms with Crippen molar-refractivity contribution in [3.8, 4) is 0 Å². The first-order chi connectivity index (χ1) is 12.2. The largest absolute Gasteiger partial charge is 0.394 e. The molecular weight excluding hydrogens is 312 g/mol. The lowest BCUT2D eigenvalue weighted by molar-refractivity contribution is 0.0594. The highest BCUT2D eigenvalue weighted by Gasteiger charge is 2.09. The molecule has 4 N–H and O–H groups in total. The number of hydrogen-bond acceptors (Lipinski definition) is 4. The molecule has 0 saturated carbocycles. The second-order valence-electron chi connectivity index (χ2n) is 7.52. The lowest BCUT2D eigenvalue weighted by Gasteiger charge is -2.23. The van der Waals surface area contributed by atoms with Crippen LogP contribution in [0.25, 0.3) is 0 Å². The third kappa shape index (κ3) is 18.4. The van der Waals surface area contributed by atoms with E-state index in [-0.39, 0.29) is 6.61 Å². The fourth-order valence-electron chi connectivity index (χ4n) is 3.36. The van der Waals surface area contributed by atoms with Gasteiger partial charge in [-0.15, -0.1) is 0 Å². The molecule has 0 aromatic heterocycles. The molecule has 1 unspecified atom stereocenters. The van der Waals surface area contributed by atoms with E-state index < -0.39 is 6.10 Å². The first-order valence-corrected chi connectivity index (χ1v) is 11.0. The number of nitrogens with two attached hydrogens (primary N) is 1. The number of unbranched alkanes of at least 4 members (excludes halogenated alkanes) is 13. The van der Waals surface area contributed by atoms with Crippen LogP contribution in [-0.2, 0) is 0 Å². The average molecular weight is 359 g/mol. The summed E-state index contributed by atoms with van der Waals surface area (Å²) in [7, 11) is 0.